The van der Waals surface area contributed by atoms with Gasteiger partial charge in [0.1, 0.15) is 11.3 Å². The maximum absolute atomic E-state index is 13.0. The van der Waals surface area contributed by atoms with Crippen molar-refractivity contribution in [1.82, 2.24) is 4.98 Å². The van der Waals surface area contributed by atoms with E-state index in [4.69, 9.17) is 10.8 Å². The molecule has 0 radical (unpaired) electrons. The number of fused-ring (bicyclic) bond motifs is 1. The van der Waals surface area contributed by atoms with E-state index in [0.717, 1.165) is 0 Å². The summed E-state index contributed by atoms with van der Waals surface area (Å²) in [7, 11) is 0. The number of hydrogen-bond donors (Lipinski definition) is 0. The lowest BCUT2D eigenvalue weighted by Crippen LogP contribution is -1.82. The first-order valence-corrected chi connectivity index (χ1v) is 3.30. The van der Waals surface area contributed by atoms with Crippen LogP contribution in [0.25, 0.3) is 11.1 Å². The number of aromatic nitrogens is 1. The van der Waals surface area contributed by atoms with E-state index < -0.39 is 5.82 Å². The molecule has 0 N–H and O–H groups in total. The normalized spacial score (nSPS) is 10.0. The van der Waals surface area contributed by atoms with Gasteiger partial charge in [0.2, 0.25) is 0 Å². The first-order chi connectivity index (χ1) is 5.81. The van der Waals surface area contributed by atoms with Gasteiger partial charge in [-0.1, -0.05) is 5.92 Å². The summed E-state index contributed by atoms with van der Waals surface area (Å²) in [6.45, 7) is 0. The Labute approximate surface area is 68.0 Å². The van der Waals surface area contributed by atoms with Crippen molar-refractivity contribution in [2.75, 3.05) is 0 Å². The molecule has 58 valence electrons. The highest BCUT2D eigenvalue weighted by Crippen LogP contribution is 2.16. The molecule has 0 unspecified atom stereocenters. The number of halogens is 1. The van der Waals surface area contributed by atoms with E-state index in [-0.39, 0.29) is 5.56 Å². The van der Waals surface area contributed by atoms with Gasteiger partial charge in [-0.2, -0.15) is 0 Å². The third kappa shape index (κ3) is 0.857. The lowest BCUT2D eigenvalue weighted by Gasteiger charge is -1.92. The fraction of sp³-hybridized carbons (Fsp3) is 0. The fourth-order valence-electron chi connectivity index (χ4n) is 0.989. The Bertz CT molecular complexity index is 467. The van der Waals surface area contributed by atoms with Crippen molar-refractivity contribution < 1.29 is 8.81 Å². The molecule has 0 fully saturated rings. The highest BCUT2D eigenvalue weighted by atomic mass is 19.1. The van der Waals surface area contributed by atoms with Gasteiger partial charge >= 0.3 is 0 Å². The monoisotopic (exact) mass is 161 g/mol. The van der Waals surface area contributed by atoms with E-state index in [1.807, 2.05) is 0 Å². The first kappa shape index (κ1) is 6.86. The van der Waals surface area contributed by atoms with Crippen LogP contribution in [0.4, 0.5) is 4.39 Å². The zero-order chi connectivity index (χ0) is 8.55. The number of terminal acetylenes is 1. The Hall–Kier alpha value is -1.82. The Morgan fingerprint density at radius 3 is 3.08 bits per heavy atom. The van der Waals surface area contributed by atoms with Gasteiger partial charge in [-0.3, -0.25) is 0 Å². The van der Waals surface area contributed by atoms with Gasteiger partial charge in [0, 0.05) is 6.07 Å². The zero-order valence-corrected chi connectivity index (χ0v) is 6.04. The van der Waals surface area contributed by atoms with Gasteiger partial charge in [0.15, 0.2) is 12.0 Å². The van der Waals surface area contributed by atoms with Crippen LogP contribution in [-0.2, 0) is 0 Å². The van der Waals surface area contributed by atoms with Gasteiger partial charge in [0.05, 0.1) is 5.56 Å². The van der Waals surface area contributed by atoms with Crippen molar-refractivity contribution >= 4 is 11.1 Å². The summed E-state index contributed by atoms with van der Waals surface area (Å²) >= 11 is 0. The van der Waals surface area contributed by atoms with Crippen LogP contribution < -0.4 is 0 Å². The average molecular weight is 161 g/mol. The van der Waals surface area contributed by atoms with E-state index in [9.17, 15) is 4.39 Å². The van der Waals surface area contributed by atoms with Crippen LogP contribution in [0.5, 0.6) is 0 Å². The summed E-state index contributed by atoms with van der Waals surface area (Å²) in [5.41, 5.74) is 1.19. The topological polar surface area (TPSA) is 26.0 Å². The molecule has 0 spiro atoms. The van der Waals surface area contributed by atoms with Crippen molar-refractivity contribution in [3.63, 3.8) is 0 Å². The van der Waals surface area contributed by atoms with E-state index in [2.05, 4.69) is 10.9 Å². The number of rotatable bonds is 0. The minimum absolute atomic E-state index is 0.205. The minimum atomic E-state index is -0.457. The predicted molar refractivity (Wildman–Crippen MR) is 41.9 cm³/mol. The molecular formula is C9H4FNO. The second-order valence-electron chi connectivity index (χ2n) is 2.30. The summed E-state index contributed by atoms with van der Waals surface area (Å²) in [5, 5.41) is 0. The highest BCUT2D eigenvalue weighted by molar-refractivity contribution is 5.74. The van der Waals surface area contributed by atoms with E-state index in [1.165, 1.54) is 18.5 Å². The third-order valence-electron chi connectivity index (χ3n) is 1.58. The molecule has 1 heterocycles. The number of oxazole rings is 1. The van der Waals surface area contributed by atoms with Crippen molar-refractivity contribution in [3.05, 3.63) is 29.9 Å². The molecule has 0 aliphatic heterocycles. The SMILES string of the molecule is C#Cc1cc2ncoc2cc1F. The molecule has 2 nitrogen and oxygen atoms in total. The summed E-state index contributed by atoms with van der Waals surface area (Å²) in [5.74, 6) is 1.76. The smallest absolute Gasteiger partial charge is 0.181 e. The van der Waals surface area contributed by atoms with E-state index in [1.54, 1.807) is 0 Å². The van der Waals surface area contributed by atoms with Crippen LogP contribution in [0.2, 0.25) is 0 Å². The number of benzene rings is 1. The Morgan fingerprint density at radius 1 is 1.50 bits per heavy atom. The quantitative estimate of drug-likeness (QED) is 0.552. The van der Waals surface area contributed by atoms with Gasteiger partial charge in [-0.05, 0) is 6.07 Å². The summed E-state index contributed by atoms with van der Waals surface area (Å²) in [4.78, 5) is 3.84. The molecule has 2 rings (SSSR count). The maximum Gasteiger partial charge on any atom is 0.181 e. The fourth-order valence-corrected chi connectivity index (χ4v) is 0.989. The highest BCUT2D eigenvalue weighted by Gasteiger charge is 2.04. The van der Waals surface area contributed by atoms with Crippen molar-refractivity contribution in [2.24, 2.45) is 0 Å². The van der Waals surface area contributed by atoms with Gasteiger partial charge < -0.3 is 4.42 Å². The van der Waals surface area contributed by atoms with Crippen LogP contribution in [0.3, 0.4) is 0 Å². The molecule has 0 amide bonds. The molecule has 0 aliphatic rings. The maximum atomic E-state index is 13.0. The first-order valence-electron chi connectivity index (χ1n) is 3.30. The second-order valence-corrected chi connectivity index (χ2v) is 2.30. The second kappa shape index (κ2) is 2.35. The zero-order valence-electron chi connectivity index (χ0n) is 6.04. The molecule has 2 aromatic rings. The number of hydrogen-bond acceptors (Lipinski definition) is 2. The van der Waals surface area contributed by atoms with Crippen LogP contribution in [0.15, 0.2) is 22.9 Å². The standard InChI is InChI=1S/C9H4FNO/c1-2-6-3-8-9(4-7(6)10)12-5-11-8/h1,3-5H. The summed E-state index contributed by atoms with van der Waals surface area (Å²) in [6, 6.07) is 2.71. The molecular weight excluding hydrogens is 157 g/mol. The Morgan fingerprint density at radius 2 is 2.33 bits per heavy atom. The summed E-state index contributed by atoms with van der Waals surface area (Å²) < 4.78 is 17.8. The molecule has 12 heavy (non-hydrogen) atoms. The lowest BCUT2D eigenvalue weighted by molar-refractivity contribution is 0.589. The van der Waals surface area contributed by atoms with Crippen molar-refractivity contribution in [2.45, 2.75) is 0 Å². The Kier molecular flexibility index (Phi) is 1.34. The molecule has 3 heteroatoms. The average Bonchev–Trinajstić information content (AvgIpc) is 2.49. The number of nitrogens with zero attached hydrogens (tertiary/aromatic N) is 1. The largest absolute Gasteiger partial charge is 0.443 e. The molecule has 0 bridgehead atoms. The minimum Gasteiger partial charge on any atom is -0.443 e. The predicted octanol–water partition coefficient (Wildman–Crippen LogP) is 1.95. The summed E-state index contributed by atoms with van der Waals surface area (Å²) in [6.07, 6.45) is 6.32. The van der Waals surface area contributed by atoms with Crippen LogP contribution >= 0.6 is 0 Å². The van der Waals surface area contributed by atoms with Crippen molar-refractivity contribution in [1.29, 1.82) is 0 Å². The molecule has 0 aliphatic carbocycles. The van der Waals surface area contributed by atoms with E-state index >= 15 is 0 Å². The van der Waals surface area contributed by atoms with Gasteiger partial charge in [-0.15, -0.1) is 6.42 Å². The third-order valence-corrected chi connectivity index (χ3v) is 1.58. The van der Waals surface area contributed by atoms with Crippen LogP contribution in [0.1, 0.15) is 5.56 Å². The molecule has 1 aromatic carbocycles. The van der Waals surface area contributed by atoms with E-state index in [0.29, 0.717) is 11.1 Å². The molecule has 0 saturated carbocycles. The van der Waals surface area contributed by atoms with Crippen LogP contribution in [-0.4, -0.2) is 4.98 Å². The van der Waals surface area contributed by atoms with Gasteiger partial charge in [0.25, 0.3) is 0 Å². The lowest BCUT2D eigenvalue weighted by atomic mass is 10.2. The molecule has 0 saturated heterocycles. The molecule has 0 atom stereocenters. The molecule has 1 aromatic heterocycles. The van der Waals surface area contributed by atoms with Crippen LogP contribution in [0, 0.1) is 18.2 Å². The van der Waals surface area contributed by atoms with Crippen molar-refractivity contribution in [3.8, 4) is 12.3 Å². The Balaban J connectivity index is 2.84. The van der Waals surface area contributed by atoms with Gasteiger partial charge in [-0.25, -0.2) is 9.37 Å².